The van der Waals surface area contributed by atoms with Gasteiger partial charge in [-0.1, -0.05) is 18.5 Å². The third-order valence-corrected chi connectivity index (χ3v) is 4.34. The van der Waals surface area contributed by atoms with Crippen molar-refractivity contribution in [2.24, 2.45) is 0 Å². The molecule has 110 valence electrons. The van der Waals surface area contributed by atoms with Crippen molar-refractivity contribution >= 4 is 11.6 Å². The molecule has 0 aliphatic carbocycles. The average Bonchev–Trinajstić information content (AvgIpc) is 3.07. The first kappa shape index (κ1) is 14.2. The van der Waals surface area contributed by atoms with Crippen molar-refractivity contribution in [3.63, 3.8) is 0 Å². The second-order valence-electron chi connectivity index (χ2n) is 5.56. The molecule has 1 N–H and O–H groups in total. The lowest BCUT2D eigenvalue weighted by atomic mass is 9.96. The Morgan fingerprint density at radius 1 is 1.40 bits per heavy atom. The SMILES string of the molecule is CCNC(CC1CCCO1)c1cc(Cl)cc2c1OCC2. The largest absolute Gasteiger partial charge is 0.493 e. The number of hydrogen-bond donors (Lipinski definition) is 1. The second kappa shape index (κ2) is 6.33. The maximum atomic E-state index is 6.27. The zero-order chi connectivity index (χ0) is 13.9. The summed E-state index contributed by atoms with van der Waals surface area (Å²) in [7, 11) is 0. The van der Waals surface area contributed by atoms with Crippen LogP contribution in [-0.4, -0.2) is 25.9 Å². The summed E-state index contributed by atoms with van der Waals surface area (Å²) in [5.41, 5.74) is 2.44. The van der Waals surface area contributed by atoms with Gasteiger partial charge in [0.05, 0.1) is 12.7 Å². The lowest BCUT2D eigenvalue weighted by molar-refractivity contribution is 0.0944. The lowest BCUT2D eigenvalue weighted by Gasteiger charge is -2.23. The van der Waals surface area contributed by atoms with E-state index in [-0.39, 0.29) is 6.04 Å². The van der Waals surface area contributed by atoms with Crippen LogP contribution in [0.4, 0.5) is 0 Å². The lowest BCUT2D eigenvalue weighted by Crippen LogP contribution is -2.25. The van der Waals surface area contributed by atoms with Crippen molar-refractivity contribution in [3.05, 3.63) is 28.3 Å². The zero-order valence-electron chi connectivity index (χ0n) is 12.0. The predicted octanol–water partition coefficient (Wildman–Crippen LogP) is 3.49. The van der Waals surface area contributed by atoms with E-state index < -0.39 is 0 Å². The normalized spacial score (nSPS) is 22.6. The fraction of sp³-hybridized carbons (Fsp3) is 0.625. The van der Waals surface area contributed by atoms with E-state index in [0.29, 0.717) is 6.10 Å². The molecule has 0 aromatic heterocycles. The van der Waals surface area contributed by atoms with Crippen molar-refractivity contribution in [2.75, 3.05) is 19.8 Å². The molecule has 20 heavy (non-hydrogen) atoms. The molecule has 0 spiro atoms. The monoisotopic (exact) mass is 295 g/mol. The zero-order valence-corrected chi connectivity index (χ0v) is 12.7. The van der Waals surface area contributed by atoms with Gasteiger partial charge in [-0.15, -0.1) is 0 Å². The van der Waals surface area contributed by atoms with E-state index >= 15 is 0 Å². The minimum Gasteiger partial charge on any atom is -0.493 e. The van der Waals surface area contributed by atoms with Crippen LogP contribution in [0.3, 0.4) is 0 Å². The maximum Gasteiger partial charge on any atom is 0.127 e. The van der Waals surface area contributed by atoms with Crippen molar-refractivity contribution in [2.45, 2.75) is 44.8 Å². The fourth-order valence-corrected chi connectivity index (χ4v) is 3.47. The van der Waals surface area contributed by atoms with Crippen LogP contribution in [-0.2, 0) is 11.2 Å². The van der Waals surface area contributed by atoms with Crippen molar-refractivity contribution in [1.82, 2.24) is 5.32 Å². The smallest absolute Gasteiger partial charge is 0.127 e. The Kier molecular flexibility index (Phi) is 4.49. The first-order valence-corrected chi connectivity index (χ1v) is 7.96. The molecule has 3 rings (SSSR count). The van der Waals surface area contributed by atoms with E-state index in [1.165, 1.54) is 17.5 Å². The second-order valence-corrected chi connectivity index (χ2v) is 6.00. The van der Waals surface area contributed by atoms with E-state index in [0.717, 1.165) is 49.8 Å². The molecule has 0 saturated carbocycles. The van der Waals surface area contributed by atoms with E-state index in [1.54, 1.807) is 0 Å². The summed E-state index contributed by atoms with van der Waals surface area (Å²) in [6.07, 6.45) is 4.64. The fourth-order valence-electron chi connectivity index (χ4n) is 3.22. The summed E-state index contributed by atoms with van der Waals surface area (Å²) in [5.74, 6) is 1.04. The van der Waals surface area contributed by atoms with E-state index in [9.17, 15) is 0 Å². The molecule has 0 amide bonds. The maximum absolute atomic E-state index is 6.27. The molecule has 1 saturated heterocycles. The molecule has 4 heteroatoms. The van der Waals surface area contributed by atoms with Gasteiger partial charge in [0.1, 0.15) is 5.75 Å². The van der Waals surface area contributed by atoms with E-state index in [1.807, 2.05) is 12.1 Å². The third kappa shape index (κ3) is 2.95. The summed E-state index contributed by atoms with van der Waals surface area (Å²) in [6.45, 7) is 4.72. The summed E-state index contributed by atoms with van der Waals surface area (Å²) in [6, 6.07) is 4.34. The van der Waals surface area contributed by atoms with Gasteiger partial charge >= 0.3 is 0 Å². The van der Waals surface area contributed by atoms with Crippen molar-refractivity contribution in [1.29, 1.82) is 0 Å². The van der Waals surface area contributed by atoms with Crippen LogP contribution in [0.15, 0.2) is 12.1 Å². The van der Waals surface area contributed by atoms with Gasteiger partial charge in [0.2, 0.25) is 0 Å². The van der Waals surface area contributed by atoms with Gasteiger partial charge in [0, 0.05) is 29.7 Å². The molecule has 1 aromatic rings. The Hall–Kier alpha value is -0.770. The first-order chi connectivity index (χ1) is 9.78. The highest BCUT2D eigenvalue weighted by Crippen LogP contribution is 2.38. The van der Waals surface area contributed by atoms with Crippen molar-refractivity contribution in [3.8, 4) is 5.75 Å². The average molecular weight is 296 g/mol. The number of halogens is 1. The Morgan fingerprint density at radius 3 is 3.05 bits per heavy atom. The predicted molar refractivity (Wildman–Crippen MR) is 80.7 cm³/mol. The Labute approximate surface area is 125 Å². The molecule has 2 aliphatic rings. The highest BCUT2D eigenvalue weighted by Gasteiger charge is 2.27. The van der Waals surface area contributed by atoms with Crippen LogP contribution in [0.5, 0.6) is 5.75 Å². The van der Waals surface area contributed by atoms with Gasteiger partial charge in [-0.05, 0) is 43.5 Å². The number of fused-ring (bicyclic) bond motifs is 1. The molecule has 1 aromatic carbocycles. The number of ether oxygens (including phenoxy) is 2. The van der Waals surface area contributed by atoms with Crippen molar-refractivity contribution < 1.29 is 9.47 Å². The topological polar surface area (TPSA) is 30.5 Å². The minimum absolute atomic E-state index is 0.258. The van der Waals surface area contributed by atoms with Crippen LogP contribution in [0.2, 0.25) is 5.02 Å². The quantitative estimate of drug-likeness (QED) is 0.902. The number of rotatable bonds is 5. The molecular weight excluding hydrogens is 274 g/mol. The highest BCUT2D eigenvalue weighted by atomic mass is 35.5. The van der Waals surface area contributed by atoms with Gasteiger partial charge in [0.25, 0.3) is 0 Å². The Bertz CT molecular complexity index is 472. The van der Waals surface area contributed by atoms with Gasteiger partial charge in [-0.25, -0.2) is 0 Å². The molecule has 0 bridgehead atoms. The third-order valence-electron chi connectivity index (χ3n) is 4.13. The molecule has 2 heterocycles. The molecule has 3 nitrogen and oxygen atoms in total. The summed E-state index contributed by atoms with van der Waals surface area (Å²) in [4.78, 5) is 0. The minimum atomic E-state index is 0.258. The number of benzene rings is 1. The molecule has 2 aliphatic heterocycles. The Morgan fingerprint density at radius 2 is 2.30 bits per heavy atom. The Balaban J connectivity index is 1.86. The van der Waals surface area contributed by atoms with Crippen LogP contribution < -0.4 is 10.1 Å². The van der Waals surface area contributed by atoms with Crippen LogP contribution >= 0.6 is 11.6 Å². The molecule has 2 atom stereocenters. The van der Waals surface area contributed by atoms with Crippen LogP contribution in [0.25, 0.3) is 0 Å². The van der Waals surface area contributed by atoms with Gasteiger partial charge in [0.15, 0.2) is 0 Å². The van der Waals surface area contributed by atoms with Gasteiger partial charge in [-0.2, -0.15) is 0 Å². The summed E-state index contributed by atoms with van der Waals surface area (Å²) >= 11 is 6.27. The van der Waals surface area contributed by atoms with Gasteiger partial charge < -0.3 is 14.8 Å². The first-order valence-electron chi connectivity index (χ1n) is 7.58. The molecule has 1 fully saturated rings. The number of nitrogens with one attached hydrogen (secondary N) is 1. The van der Waals surface area contributed by atoms with Gasteiger partial charge in [-0.3, -0.25) is 0 Å². The van der Waals surface area contributed by atoms with E-state index in [4.69, 9.17) is 21.1 Å². The summed E-state index contributed by atoms with van der Waals surface area (Å²) < 4.78 is 11.6. The molecule has 0 radical (unpaired) electrons. The van der Waals surface area contributed by atoms with Crippen LogP contribution in [0.1, 0.15) is 43.4 Å². The number of hydrogen-bond acceptors (Lipinski definition) is 3. The van der Waals surface area contributed by atoms with E-state index in [2.05, 4.69) is 12.2 Å². The molecular formula is C16H22ClNO2. The van der Waals surface area contributed by atoms with Crippen LogP contribution in [0, 0.1) is 0 Å². The highest BCUT2D eigenvalue weighted by molar-refractivity contribution is 6.30. The molecule has 2 unspecified atom stereocenters. The summed E-state index contributed by atoms with van der Waals surface area (Å²) in [5, 5.41) is 4.37. The standard InChI is InChI=1S/C16H22ClNO2/c1-2-18-15(10-13-4-3-6-19-13)14-9-12(17)8-11-5-7-20-16(11)14/h8-9,13,15,18H,2-7,10H2,1H3.